The van der Waals surface area contributed by atoms with E-state index in [0.717, 1.165) is 63.2 Å². The molecule has 0 spiro atoms. The number of carbonyl (C=O) groups excluding carboxylic acids is 1. The van der Waals surface area contributed by atoms with Gasteiger partial charge < -0.3 is 34.3 Å². The molecule has 1 amide bonds. The Balaban J connectivity index is 1.24. The highest BCUT2D eigenvalue weighted by Gasteiger charge is 2.27. The van der Waals surface area contributed by atoms with E-state index >= 15 is 0 Å². The van der Waals surface area contributed by atoms with Crippen molar-refractivity contribution in [2.24, 2.45) is 0 Å². The number of methoxy groups -OCH3 is 1. The highest BCUT2D eigenvalue weighted by atomic mass is 16.5. The summed E-state index contributed by atoms with van der Waals surface area (Å²) in [5.41, 5.74) is 2.81. The van der Waals surface area contributed by atoms with Crippen LogP contribution >= 0.6 is 0 Å². The van der Waals surface area contributed by atoms with E-state index in [1.165, 1.54) is 19.1 Å². The fraction of sp³-hybridized carbons (Fsp3) is 0.462. The van der Waals surface area contributed by atoms with Gasteiger partial charge in [-0.25, -0.2) is 9.97 Å². The van der Waals surface area contributed by atoms with E-state index in [0.29, 0.717) is 34.5 Å². The zero-order valence-corrected chi connectivity index (χ0v) is 20.9. The Morgan fingerprint density at radius 2 is 1.81 bits per heavy atom. The van der Waals surface area contributed by atoms with Gasteiger partial charge in [0.15, 0.2) is 17.6 Å². The summed E-state index contributed by atoms with van der Waals surface area (Å²) < 4.78 is 16.9. The molecule has 3 aliphatic rings. The summed E-state index contributed by atoms with van der Waals surface area (Å²) in [6.07, 6.45) is 9.43. The van der Waals surface area contributed by atoms with Gasteiger partial charge in [0.05, 0.1) is 12.8 Å². The molecule has 3 aromatic rings. The number of anilines is 3. The summed E-state index contributed by atoms with van der Waals surface area (Å²) in [6, 6.07) is 6.03. The summed E-state index contributed by atoms with van der Waals surface area (Å²) in [7, 11) is 1.56. The van der Waals surface area contributed by atoms with Crippen LogP contribution in [0, 0.1) is 0 Å². The third-order valence-corrected chi connectivity index (χ3v) is 7.01. The van der Waals surface area contributed by atoms with Crippen LogP contribution in [0.2, 0.25) is 0 Å². The van der Waals surface area contributed by atoms with Crippen LogP contribution in [0.15, 0.2) is 40.8 Å². The van der Waals surface area contributed by atoms with Crippen molar-refractivity contribution in [1.29, 1.82) is 0 Å². The van der Waals surface area contributed by atoms with Crippen LogP contribution in [0.25, 0.3) is 11.2 Å². The molecule has 6 rings (SSSR count). The van der Waals surface area contributed by atoms with Crippen molar-refractivity contribution < 1.29 is 18.7 Å². The number of carbonyl (C=O) groups is 1. The van der Waals surface area contributed by atoms with E-state index in [2.05, 4.69) is 25.4 Å². The Hall–Kier alpha value is -4.02. The first-order chi connectivity index (χ1) is 18.2. The van der Waals surface area contributed by atoms with Crippen LogP contribution in [0.1, 0.15) is 50.3 Å². The number of rotatable bonds is 6. The van der Waals surface area contributed by atoms with Crippen LogP contribution in [0.5, 0.6) is 5.88 Å². The fourth-order valence-electron chi connectivity index (χ4n) is 4.99. The van der Waals surface area contributed by atoms with Crippen molar-refractivity contribution >= 4 is 34.7 Å². The molecule has 2 saturated heterocycles. The van der Waals surface area contributed by atoms with Gasteiger partial charge >= 0.3 is 0 Å². The molecule has 2 N–H and O–H groups in total. The predicted molar refractivity (Wildman–Crippen MR) is 138 cm³/mol. The first kappa shape index (κ1) is 23.4. The summed E-state index contributed by atoms with van der Waals surface area (Å²) in [6.45, 7) is 3.63. The molecule has 11 heteroatoms. The Morgan fingerprint density at radius 3 is 2.51 bits per heavy atom. The monoisotopic (exact) mass is 505 g/mol. The van der Waals surface area contributed by atoms with Crippen LogP contribution in [0.4, 0.5) is 17.5 Å². The normalized spacial score (nSPS) is 19.8. The molecule has 2 fully saturated rings. The van der Waals surface area contributed by atoms with E-state index in [4.69, 9.17) is 23.9 Å². The Morgan fingerprint density at radius 1 is 1.05 bits per heavy atom. The zero-order valence-electron chi connectivity index (χ0n) is 20.9. The predicted octanol–water partition coefficient (Wildman–Crippen LogP) is 3.71. The highest BCUT2D eigenvalue weighted by molar-refractivity contribution is 6.05. The maximum absolute atomic E-state index is 13.3. The smallest absolute Gasteiger partial charge is 0.299 e. The molecule has 1 atom stereocenters. The Labute approximate surface area is 214 Å². The number of pyridine rings is 2. The van der Waals surface area contributed by atoms with Gasteiger partial charge in [0.2, 0.25) is 11.5 Å². The zero-order chi connectivity index (χ0) is 25.2. The number of nitrogens with zero attached hydrogens (tertiary/aromatic N) is 5. The van der Waals surface area contributed by atoms with E-state index in [1.54, 1.807) is 19.4 Å². The van der Waals surface area contributed by atoms with E-state index < -0.39 is 6.23 Å². The van der Waals surface area contributed by atoms with Gasteiger partial charge in [0.25, 0.3) is 11.9 Å². The molecule has 3 aromatic heterocycles. The quantitative estimate of drug-likeness (QED) is 0.513. The summed E-state index contributed by atoms with van der Waals surface area (Å²) in [5, 5.41) is 6.15. The third kappa shape index (κ3) is 4.85. The number of hydrogen-bond donors (Lipinski definition) is 2. The molecule has 1 unspecified atom stereocenters. The minimum atomic E-state index is -0.511. The van der Waals surface area contributed by atoms with Crippen molar-refractivity contribution in [1.82, 2.24) is 20.3 Å². The van der Waals surface area contributed by atoms with Gasteiger partial charge in [-0.05, 0) is 44.6 Å². The number of piperidine rings is 2. The lowest BCUT2D eigenvalue weighted by Gasteiger charge is -2.29. The van der Waals surface area contributed by atoms with Gasteiger partial charge in [-0.1, -0.05) is 0 Å². The number of hydrogen-bond acceptors (Lipinski definition) is 10. The van der Waals surface area contributed by atoms with E-state index in [1.807, 2.05) is 12.1 Å². The SMILES string of the molecule is COc1ccc(C2NC(C(=O)Nc3cc4oc(N5CCCCC5)nc4nc3N3CCCCC3)=CO2)cn1. The lowest BCUT2D eigenvalue weighted by atomic mass is 10.1. The summed E-state index contributed by atoms with van der Waals surface area (Å²) in [4.78, 5) is 31.4. The standard InChI is InChI=1S/C26H31N7O4/c1-35-21-9-8-17(15-27-21)25-29-19(16-36-25)24(34)28-18-14-20-22(30-23(18)32-10-4-2-5-11-32)31-26(37-20)33-12-6-3-7-13-33/h8-9,14-16,25,29H,2-7,10-13H2,1H3,(H,28,34). The second kappa shape index (κ2) is 10.2. The maximum atomic E-state index is 13.3. The Bertz CT molecular complexity index is 1290. The second-order valence-electron chi connectivity index (χ2n) is 9.55. The number of ether oxygens (including phenoxy) is 2. The van der Waals surface area contributed by atoms with E-state index in [-0.39, 0.29) is 5.91 Å². The molecule has 11 nitrogen and oxygen atoms in total. The largest absolute Gasteiger partial charge is 0.481 e. The van der Waals surface area contributed by atoms with E-state index in [9.17, 15) is 4.79 Å². The number of oxazole rings is 1. The lowest BCUT2D eigenvalue weighted by molar-refractivity contribution is -0.113. The van der Waals surface area contributed by atoms with Crippen molar-refractivity contribution in [3.05, 3.63) is 41.9 Å². The number of amides is 1. The van der Waals surface area contributed by atoms with Crippen molar-refractivity contribution in [2.75, 3.05) is 48.4 Å². The van der Waals surface area contributed by atoms with Crippen LogP contribution in [-0.2, 0) is 9.53 Å². The molecular formula is C26H31N7O4. The maximum Gasteiger partial charge on any atom is 0.299 e. The van der Waals surface area contributed by atoms with Gasteiger partial charge in [-0.15, -0.1) is 0 Å². The first-order valence-electron chi connectivity index (χ1n) is 12.9. The van der Waals surface area contributed by atoms with Crippen molar-refractivity contribution in [3.63, 3.8) is 0 Å². The molecule has 0 saturated carbocycles. The molecule has 6 heterocycles. The minimum absolute atomic E-state index is 0.317. The van der Waals surface area contributed by atoms with Crippen LogP contribution in [-0.4, -0.2) is 54.1 Å². The molecule has 37 heavy (non-hydrogen) atoms. The van der Waals surface area contributed by atoms with Crippen LogP contribution < -0.4 is 25.2 Å². The third-order valence-electron chi connectivity index (χ3n) is 7.01. The second-order valence-corrected chi connectivity index (χ2v) is 9.55. The minimum Gasteiger partial charge on any atom is -0.481 e. The molecule has 0 radical (unpaired) electrons. The van der Waals surface area contributed by atoms with Crippen molar-refractivity contribution in [3.8, 4) is 5.88 Å². The number of nitrogens with one attached hydrogen (secondary N) is 2. The van der Waals surface area contributed by atoms with Crippen molar-refractivity contribution in [2.45, 2.75) is 44.8 Å². The fourth-order valence-corrected chi connectivity index (χ4v) is 4.99. The molecule has 0 aliphatic carbocycles. The summed E-state index contributed by atoms with van der Waals surface area (Å²) >= 11 is 0. The van der Waals surface area contributed by atoms with Gasteiger partial charge in [-0.3, -0.25) is 4.79 Å². The molecular weight excluding hydrogens is 474 g/mol. The highest BCUT2D eigenvalue weighted by Crippen LogP contribution is 2.33. The molecule has 0 aromatic carbocycles. The first-order valence-corrected chi connectivity index (χ1v) is 12.9. The van der Waals surface area contributed by atoms with Crippen LogP contribution in [0.3, 0.4) is 0 Å². The Kier molecular flexibility index (Phi) is 6.42. The number of aromatic nitrogens is 3. The summed E-state index contributed by atoms with van der Waals surface area (Å²) in [5.74, 6) is 0.908. The van der Waals surface area contributed by atoms with Gasteiger partial charge in [0, 0.05) is 50.1 Å². The topological polar surface area (TPSA) is 118 Å². The average Bonchev–Trinajstić information content (AvgIpc) is 3.61. The average molecular weight is 506 g/mol. The molecule has 194 valence electrons. The molecule has 3 aliphatic heterocycles. The number of fused-ring (bicyclic) bond motifs is 1. The van der Waals surface area contributed by atoms with Gasteiger partial charge in [-0.2, -0.15) is 4.98 Å². The molecule has 0 bridgehead atoms. The lowest BCUT2D eigenvalue weighted by Crippen LogP contribution is -2.32. The van der Waals surface area contributed by atoms with Gasteiger partial charge in [0.1, 0.15) is 12.0 Å².